The molecule has 0 amide bonds. The van der Waals surface area contributed by atoms with Crippen LogP contribution in [0.25, 0.3) is 0 Å². The van der Waals surface area contributed by atoms with Gasteiger partial charge in [-0.1, -0.05) is 0 Å². The Morgan fingerprint density at radius 2 is 2.29 bits per heavy atom. The lowest BCUT2D eigenvalue weighted by molar-refractivity contribution is 1.12. The van der Waals surface area contributed by atoms with E-state index in [-0.39, 0.29) is 0 Å². The van der Waals surface area contributed by atoms with Gasteiger partial charge in [0, 0.05) is 11.1 Å². The Balaban J connectivity index is 2.12. The summed E-state index contributed by atoms with van der Waals surface area (Å²) in [6.45, 7) is 2.56. The topological polar surface area (TPSA) is 87.6 Å². The molecule has 6 heteroatoms. The first kappa shape index (κ1) is 11.4. The Bertz CT molecular complexity index is 569. The molecule has 0 aliphatic carbocycles. The number of aryl methyl sites for hydroxylation is 1. The number of thiazole rings is 1. The molecule has 0 fully saturated rings. The third kappa shape index (κ3) is 2.71. The molecule has 0 saturated carbocycles. The summed E-state index contributed by atoms with van der Waals surface area (Å²) in [4.78, 5) is 9.36. The summed E-state index contributed by atoms with van der Waals surface area (Å²) < 4.78 is 0. The van der Waals surface area contributed by atoms with Gasteiger partial charge >= 0.3 is 0 Å². The van der Waals surface area contributed by atoms with E-state index in [1.54, 1.807) is 17.4 Å². The van der Waals surface area contributed by atoms with Gasteiger partial charge in [-0.3, -0.25) is 0 Å². The molecule has 86 valence electrons. The van der Waals surface area contributed by atoms with Crippen LogP contribution in [-0.2, 0) is 6.54 Å². The molecule has 2 heterocycles. The number of nitrogens with zero attached hydrogens (tertiary/aromatic N) is 3. The van der Waals surface area contributed by atoms with Crippen LogP contribution in [0.2, 0.25) is 0 Å². The number of hydrogen-bond donors (Lipinski definition) is 2. The van der Waals surface area contributed by atoms with Crippen molar-refractivity contribution in [2.24, 2.45) is 0 Å². The Labute approximate surface area is 103 Å². The van der Waals surface area contributed by atoms with E-state index >= 15 is 0 Å². The molecule has 0 aliphatic rings. The zero-order valence-corrected chi connectivity index (χ0v) is 10.1. The van der Waals surface area contributed by atoms with Crippen LogP contribution in [0.3, 0.4) is 0 Å². The van der Waals surface area contributed by atoms with Crippen LogP contribution in [0.15, 0.2) is 18.5 Å². The number of nitrogens with one attached hydrogen (secondary N) is 1. The Morgan fingerprint density at radius 1 is 1.47 bits per heavy atom. The van der Waals surface area contributed by atoms with Crippen LogP contribution >= 0.6 is 11.3 Å². The number of nitrogens with two attached hydrogens (primary N) is 1. The van der Waals surface area contributed by atoms with E-state index in [1.807, 2.05) is 13.1 Å². The molecule has 0 aliphatic heterocycles. The highest BCUT2D eigenvalue weighted by Gasteiger charge is 2.05. The van der Waals surface area contributed by atoms with Crippen LogP contribution in [0.5, 0.6) is 0 Å². The summed E-state index contributed by atoms with van der Waals surface area (Å²) in [6, 6.07) is 3.67. The van der Waals surface area contributed by atoms with Gasteiger partial charge in [0.25, 0.3) is 0 Å². The van der Waals surface area contributed by atoms with Gasteiger partial charge < -0.3 is 11.1 Å². The van der Waals surface area contributed by atoms with E-state index in [9.17, 15) is 0 Å². The van der Waals surface area contributed by atoms with Gasteiger partial charge in [-0.25, -0.2) is 9.97 Å². The largest absolute Gasteiger partial charge is 0.397 e. The van der Waals surface area contributed by atoms with E-state index in [4.69, 9.17) is 11.0 Å². The SMILES string of the molecule is Cc1ncc(CNc2ncc(N)cc2C#N)s1. The highest BCUT2D eigenvalue weighted by atomic mass is 32.1. The van der Waals surface area contributed by atoms with Gasteiger partial charge in [0.1, 0.15) is 11.9 Å². The molecule has 3 N–H and O–H groups in total. The molecule has 0 radical (unpaired) electrons. The Morgan fingerprint density at radius 3 is 2.94 bits per heavy atom. The Hall–Kier alpha value is -2.13. The number of nitrogen functional groups attached to an aromatic ring is 1. The predicted molar refractivity (Wildman–Crippen MR) is 67.5 cm³/mol. The lowest BCUT2D eigenvalue weighted by Gasteiger charge is -2.05. The molecule has 2 aromatic heterocycles. The van der Waals surface area contributed by atoms with Gasteiger partial charge in [-0.05, 0) is 13.0 Å². The first-order valence-electron chi connectivity index (χ1n) is 5.00. The van der Waals surface area contributed by atoms with Crippen molar-refractivity contribution in [1.82, 2.24) is 9.97 Å². The number of nitriles is 1. The summed E-state index contributed by atoms with van der Waals surface area (Å²) in [5, 5.41) is 13.1. The normalized spacial score (nSPS) is 9.88. The average Bonchev–Trinajstić information content (AvgIpc) is 2.73. The Kier molecular flexibility index (Phi) is 3.21. The molecule has 0 spiro atoms. The molecule has 5 nitrogen and oxygen atoms in total. The van der Waals surface area contributed by atoms with Crippen molar-refractivity contribution < 1.29 is 0 Å². The molecule has 0 saturated heterocycles. The summed E-state index contributed by atoms with van der Waals surface area (Å²) in [7, 11) is 0. The van der Waals surface area contributed by atoms with Crippen molar-refractivity contribution in [2.75, 3.05) is 11.1 Å². The quantitative estimate of drug-likeness (QED) is 0.862. The van der Waals surface area contributed by atoms with E-state index < -0.39 is 0 Å². The van der Waals surface area contributed by atoms with Crippen molar-refractivity contribution in [3.63, 3.8) is 0 Å². The van der Waals surface area contributed by atoms with E-state index in [0.717, 1.165) is 9.88 Å². The van der Waals surface area contributed by atoms with E-state index in [1.165, 1.54) is 6.20 Å². The van der Waals surface area contributed by atoms with Gasteiger partial charge in [0.15, 0.2) is 0 Å². The zero-order chi connectivity index (χ0) is 12.3. The number of pyridine rings is 1. The highest BCUT2D eigenvalue weighted by Crippen LogP contribution is 2.17. The van der Waals surface area contributed by atoms with E-state index in [0.29, 0.717) is 23.6 Å². The zero-order valence-electron chi connectivity index (χ0n) is 9.27. The average molecular weight is 245 g/mol. The van der Waals surface area contributed by atoms with Gasteiger partial charge in [-0.2, -0.15) is 5.26 Å². The van der Waals surface area contributed by atoms with E-state index in [2.05, 4.69) is 21.4 Å². The van der Waals surface area contributed by atoms with Crippen LogP contribution < -0.4 is 11.1 Å². The first-order chi connectivity index (χ1) is 8.19. The maximum absolute atomic E-state index is 8.95. The third-order valence-electron chi connectivity index (χ3n) is 2.13. The smallest absolute Gasteiger partial charge is 0.144 e. The van der Waals surface area contributed by atoms with Gasteiger partial charge in [0.2, 0.25) is 0 Å². The standard InChI is InChI=1S/C11H11N5S/c1-7-14-5-10(17-7)6-16-11-8(3-12)2-9(13)4-15-11/h2,4-5H,6,13H2,1H3,(H,15,16). The minimum atomic E-state index is 0.450. The van der Waals surface area contributed by atoms with Crippen molar-refractivity contribution >= 4 is 22.8 Å². The molecular weight excluding hydrogens is 234 g/mol. The number of anilines is 2. The maximum atomic E-state index is 8.95. The molecular formula is C11H11N5S. The van der Waals surface area contributed by atoms with Crippen LogP contribution in [-0.4, -0.2) is 9.97 Å². The van der Waals surface area contributed by atoms with Crippen LogP contribution in [0.1, 0.15) is 15.4 Å². The van der Waals surface area contributed by atoms with Crippen molar-refractivity contribution in [3.05, 3.63) is 33.9 Å². The number of aromatic nitrogens is 2. The molecule has 0 unspecified atom stereocenters. The molecule has 0 atom stereocenters. The second-order valence-corrected chi connectivity index (χ2v) is 4.80. The maximum Gasteiger partial charge on any atom is 0.144 e. The fraction of sp³-hybridized carbons (Fsp3) is 0.182. The highest BCUT2D eigenvalue weighted by molar-refractivity contribution is 7.11. The van der Waals surface area contributed by atoms with Crippen molar-refractivity contribution in [3.8, 4) is 6.07 Å². The van der Waals surface area contributed by atoms with Crippen LogP contribution in [0.4, 0.5) is 11.5 Å². The van der Waals surface area contributed by atoms with Crippen molar-refractivity contribution in [1.29, 1.82) is 5.26 Å². The third-order valence-corrected chi connectivity index (χ3v) is 3.04. The van der Waals surface area contributed by atoms with Gasteiger partial charge in [-0.15, -0.1) is 11.3 Å². The predicted octanol–water partition coefficient (Wildman–Crippen LogP) is 1.91. The molecule has 0 bridgehead atoms. The summed E-state index contributed by atoms with van der Waals surface area (Å²) >= 11 is 1.61. The fourth-order valence-electron chi connectivity index (χ4n) is 1.36. The first-order valence-corrected chi connectivity index (χ1v) is 5.81. The van der Waals surface area contributed by atoms with Gasteiger partial charge in [0.05, 0.1) is 29.0 Å². The monoisotopic (exact) mass is 245 g/mol. The van der Waals surface area contributed by atoms with Crippen LogP contribution in [0, 0.1) is 18.3 Å². The fourth-order valence-corrected chi connectivity index (χ4v) is 2.10. The minimum Gasteiger partial charge on any atom is -0.397 e. The lowest BCUT2D eigenvalue weighted by atomic mass is 10.2. The molecule has 17 heavy (non-hydrogen) atoms. The second-order valence-electron chi connectivity index (χ2n) is 3.48. The summed E-state index contributed by atoms with van der Waals surface area (Å²) in [6.07, 6.45) is 3.34. The summed E-state index contributed by atoms with van der Waals surface area (Å²) in [5.41, 5.74) is 6.50. The lowest BCUT2D eigenvalue weighted by Crippen LogP contribution is -2.03. The van der Waals surface area contributed by atoms with Crippen molar-refractivity contribution in [2.45, 2.75) is 13.5 Å². The number of hydrogen-bond acceptors (Lipinski definition) is 6. The minimum absolute atomic E-state index is 0.450. The second kappa shape index (κ2) is 4.80. The molecule has 2 rings (SSSR count). The number of rotatable bonds is 3. The summed E-state index contributed by atoms with van der Waals surface area (Å²) in [5.74, 6) is 0.549. The molecule has 2 aromatic rings. The molecule has 0 aromatic carbocycles.